The standard InChI is InChI=1S/C15H19N3O/c1-4-5-15-14(10-19)16-17-18(15)13-8-6-12(7-9-13)11(2)3/h6-11H,4-5H2,1-3H3. The average Bonchev–Trinajstić information content (AvgIpc) is 2.82. The third kappa shape index (κ3) is 2.72. The fraction of sp³-hybridized carbons (Fsp3) is 0.400. The molecule has 0 atom stereocenters. The van der Waals surface area contributed by atoms with Crippen LogP contribution in [0, 0.1) is 0 Å². The zero-order valence-electron chi connectivity index (χ0n) is 11.6. The van der Waals surface area contributed by atoms with E-state index >= 15 is 0 Å². The van der Waals surface area contributed by atoms with Crippen molar-refractivity contribution in [1.82, 2.24) is 15.0 Å². The molecular formula is C15H19N3O. The van der Waals surface area contributed by atoms with Crippen LogP contribution in [0.4, 0.5) is 0 Å². The van der Waals surface area contributed by atoms with Crippen molar-refractivity contribution in [3.63, 3.8) is 0 Å². The third-order valence-corrected chi connectivity index (χ3v) is 3.20. The summed E-state index contributed by atoms with van der Waals surface area (Å²) in [5.74, 6) is 0.505. The van der Waals surface area contributed by atoms with Crippen LogP contribution in [0.25, 0.3) is 5.69 Å². The second-order valence-corrected chi connectivity index (χ2v) is 4.95. The summed E-state index contributed by atoms with van der Waals surface area (Å²) in [6.45, 7) is 6.41. The molecule has 0 unspecified atom stereocenters. The number of benzene rings is 1. The molecule has 2 aromatic rings. The van der Waals surface area contributed by atoms with Crippen molar-refractivity contribution in [2.45, 2.75) is 39.5 Å². The summed E-state index contributed by atoms with van der Waals surface area (Å²) in [6, 6.07) is 8.24. The number of aromatic nitrogens is 3. The van der Waals surface area contributed by atoms with Gasteiger partial charge in [-0.05, 0) is 30.0 Å². The summed E-state index contributed by atoms with van der Waals surface area (Å²) < 4.78 is 1.76. The van der Waals surface area contributed by atoms with E-state index in [4.69, 9.17) is 0 Å². The highest BCUT2D eigenvalue weighted by atomic mass is 16.1. The van der Waals surface area contributed by atoms with Crippen LogP contribution in [0.5, 0.6) is 0 Å². The molecule has 0 fully saturated rings. The molecule has 0 amide bonds. The summed E-state index contributed by atoms with van der Waals surface area (Å²) in [5, 5.41) is 8.02. The Morgan fingerprint density at radius 3 is 2.47 bits per heavy atom. The van der Waals surface area contributed by atoms with Gasteiger partial charge in [-0.2, -0.15) is 0 Å². The molecule has 0 aliphatic heterocycles. The molecule has 1 heterocycles. The summed E-state index contributed by atoms with van der Waals surface area (Å²) >= 11 is 0. The minimum atomic E-state index is 0.440. The Balaban J connectivity index is 2.40. The normalized spacial score (nSPS) is 10.9. The highest BCUT2D eigenvalue weighted by molar-refractivity contribution is 5.73. The molecule has 1 aromatic carbocycles. The van der Waals surface area contributed by atoms with Gasteiger partial charge in [-0.3, -0.25) is 4.79 Å². The Bertz CT molecular complexity index is 555. The zero-order valence-corrected chi connectivity index (χ0v) is 11.6. The quantitative estimate of drug-likeness (QED) is 0.773. The minimum absolute atomic E-state index is 0.440. The number of carbonyl (C=O) groups is 1. The summed E-state index contributed by atoms with van der Waals surface area (Å²) in [4.78, 5) is 11.0. The van der Waals surface area contributed by atoms with Crippen molar-refractivity contribution < 1.29 is 4.79 Å². The van der Waals surface area contributed by atoms with Crippen LogP contribution < -0.4 is 0 Å². The number of hydrogen-bond donors (Lipinski definition) is 0. The van der Waals surface area contributed by atoms with Crippen molar-refractivity contribution >= 4 is 6.29 Å². The first-order valence-corrected chi connectivity index (χ1v) is 6.67. The topological polar surface area (TPSA) is 47.8 Å². The summed E-state index contributed by atoms with van der Waals surface area (Å²) in [5.41, 5.74) is 3.56. The second-order valence-electron chi connectivity index (χ2n) is 4.95. The molecule has 4 heteroatoms. The van der Waals surface area contributed by atoms with Gasteiger partial charge in [0.15, 0.2) is 6.29 Å². The van der Waals surface area contributed by atoms with Gasteiger partial charge in [-0.15, -0.1) is 5.10 Å². The molecule has 0 radical (unpaired) electrons. The number of nitrogens with zero attached hydrogens (tertiary/aromatic N) is 3. The van der Waals surface area contributed by atoms with E-state index in [2.05, 4.69) is 43.2 Å². The van der Waals surface area contributed by atoms with Gasteiger partial charge in [-0.1, -0.05) is 44.5 Å². The van der Waals surface area contributed by atoms with Crippen LogP contribution in [0.15, 0.2) is 24.3 Å². The van der Waals surface area contributed by atoms with Crippen molar-refractivity contribution in [2.75, 3.05) is 0 Å². The first kappa shape index (κ1) is 13.5. The Morgan fingerprint density at radius 1 is 1.26 bits per heavy atom. The number of aldehydes is 1. The van der Waals surface area contributed by atoms with Gasteiger partial charge in [-0.25, -0.2) is 4.68 Å². The Hall–Kier alpha value is -1.97. The maximum absolute atomic E-state index is 11.0. The predicted octanol–water partition coefficient (Wildman–Crippen LogP) is 3.16. The van der Waals surface area contributed by atoms with Crippen molar-refractivity contribution in [1.29, 1.82) is 0 Å². The van der Waals surface area contributed by atoms with E-state index in [1.165, 1.54) is 5.56 Å². The van der Waals surface area contributed by atoms with Crippen molar-refractivity contribution in [3.8, 4) is 5.69 Å². The lowest BCUT2D eigenvalue weighted by Gasteiger charge is -2.09. The molecule has 2 rings (SSSR count). The smallest absolute Gasteiger partial charge is 0.172 e. The van der Waals surface area contributed by atoms with E-state index in [0.717, 1.165) is 30.5 Å². The molecule has 0 spiro atoms. The minimum Gasteiger partial charge on any atom is -0.296 e. The van der Waals surface area contributed by atoms with Crippen molar-refractivity contribution in [3.05, 3.63) is 41.2 Å². The van der Waals surface area contributed by atoms with E-state index in [-0.39, 0.29) is 0 Å². The Labute approximate surface area is 113 Å². The highest BCUT2D eigenvalue weighted by Gasteiger charge is 2.12. The van der Waals surface area contributed by atoms with Crippen LogP contribution in [0.3, 0.4) is 0 Å². The van der Waals surface area contributed by atoms with Gasteiger partial charge in [0.25, 0.3) is 0 Å². The molecule has 100 valence electrons. The van der Waals surface area contributed by atoms with Crippen LogP contribution >= 0.6 is 0 Å². The lowest BCUT2D eigenvalue weighted by molar-refractivity contribution is 0.111. The molecule has 4 nitrogen and oxygen atoms in total. The van der Waals surface area contributed by atoms with Gasteiger partial charge in [0.05, 0.1) is 11.4 Å². The monoisotopic (exact) mass is 257 g/mol. The first-order valence-electron chi connectivity index (χ1n) is 6.67. The molecule has 1 aromatic heterocycles. The maximum atomic E-state index is 11.0. The Morgan fingerprint density at radius 2 is 1.95 bits per heavy atom. The van der Waals surface area contributed by atoms with Gasteiger partial charge in [0.2, 0.25) is 0 Å². The molecule has 0 N–H and O–H groups in total. The SMILES string of the molecule is CCCc1c(C=O)nnn1-c1ccc(C(C)C)cc1. The number of hydrogen-bond acceptors (Lipinski definition) is 3. The number of carbonyl (C=O) groups excluding carboxylic acids is 1. The lowest BCUT2D eigenvalue weighted by Crippen LogP contribution is -2.03. The highest BCUT2D eigenvalue weighted by Crippen LogP contribution is 2.18. The van der Waals surface area contributed by atoms with Crippen LogP contribution in [0.1, 0.15) is 54.9 Å². The molecule has 19 heavy (non-hydrogen) atoms. The molecular weight excluding hydrogens is 238 g/mol. The molecule has 0 bridgehead atoms. The molecule has 0 saturated carbocycles. The third-order valence-electron chi connectivity index (χ3n) is 3.20. The summed E-state index contributed by atoms with van der Waals surface area (Å²) in [7, 11) is 0. The average molecular weight is 257 g/mol. The lowest BCUT2D eigenvalue weighted by atomic mass is 10.0. The molecule has 0 aliphatic rings. The van der Waals surface area contributed by atoms with E-state index in [1.54, 1.807) is 4.68 Å². The van der Waals surface area contributed by atoms with Gasteiger partial charge in [0.1, 0.15) is 5.69 Å². The maximum Gasteiger partial charge on any atom is 0.172 e. The number of rotatable bonds is 5. The fourth-order valence-corrected chi connectivity index (χ4v) is 2.08. The zero-order chi connectivity index (χ0) is 13.8. The first-order chi connectivity index (χ1) is 9.17. The molecule has 0 saturated heterocycles. The largest absolute Gasteiger partial charge is 0.296 e. The van der Waals surface area contributed by atoms with Gasteiger partial charge in [0, 0.05) is 0 Å². The summed E-state index contributed by atoms with van der Waals surface area (Å²) in [6.07, 6.45) is 2.53. The van der Waals surface area contributed by atoms with Gasteiger partial charge < -0.3 is 0 Å². The Kier molecular flexibility index (Phi) is 4.10. The van der Waals surface area contributed by atoms with Crippen LogP contribution in [-0.2, 0) is 6.42 Å². The second kappa shape index (κ2) is 5.78. The molecule has 0 aliphatic carbocycles. The van der Waals surface area contributed by atoms with Gasteiger partial charge >= 0.3 is 0 Å². The van der Waals surface area contributed by atoms with E-state index in [0.29, 0.717) is 11.6 Å². The van der Waals surface area contributed by atoms with Crippen LogP contribution in [0.2, 0.25) is 0 Å². The van der Waals surface area contributed by atoms with Crippen LogP contribution in [-0.4, -0.2) is 21.3 Å². The van der Waals surface area contributed by atoms with E-state index in [9.17, 15) is 4.79 Å². The predicted molar refractivity (Wildman–Crippen MR) is 74.8 cm³/mol. The van der Waals surface area contributed by atoms with E-state index in [1.807, 2.05) is 12.1 Å². The fourth-order valence-electron chi connectivity index (χ4n) is 2.08. The van der Waals surface area contributed by atoms with E-state index < -0.39 is 0 Å². The van der Waals surface area contributed by atoms with Crippen molar-refractivity contribution in [2.24, 2.45) is 0 Å².